The van der Waals surface area contributed by atoms with Gasteiger partial charge in [-0.3, -0.25) is 4.68 Å². The van der Waals surface area contributed by atoms with Crippen LogP contribution in [0.4, 0.5) is 11.5 Å². The molecule has 1 heterocycles. The van der Waals surface area contributed by atoms with E-state index in [4.69, 9.17) is 5.73 Å². The van der Waals surface area contributed by atoms with Crippen molar-refractivity contribution in [3.05, 3.63) is 5.69 Å². The van der Waals surface area contributed by atoms with Gasteiger partial charge in [0.25, 0.3) is 0 Å². The number of anilines is 2. The van der Waals surface area contributed by atoms with Gasteiger partial charge in [-0.05, 0) is 19.8 Å². The average molecular weight is 252 g/mol. The minimum atomic E-state index is 0.153. The first-order chi connectivity index (χ1) is 8.65. The number of rotatable bonds is 4. The number of hydrogen-bond donors (Lipinski definition) is 2. The van der Waals surface area contributed by atoms with Crippen molar-refractivity contribution in [2.75, 3.05) is 23.8 Å². The molecule has 1 aromatic rings. The van der Waals surface area contributed by atoms with Crippen molar-refractivity contribution in [3.63, 3.8) is 0 Å². The third-order valence-corrected chi connectivity index (χ3v) is 3.87. The number of hydrogen-bond acceptors (Lipinski definition) is 4. The van der Waals surface area contributed by atoms with E-state index in [-0.39, 0.29) is 6.61 Å². The van der Waals surface area contributed by atoms with Crippen molar-refractivity contribution in [2.45, 2.75) is 45.1 Å². The molecule has 0 saturated heterocycles. The van der Waals surface area contributed by atoms with E-state index in [2.05, 4.69) is 10.00 Å². The SMILES string of the molecule is Cc1nn(C)c(N(CCO)C2CCCCC2)c1N. The number of aliphatic hydroxyl groups is 1. The molecule has 0 bridgehead atoms. The Morgan fingerprint density at radius 3 is 2.56 bits per heavy atom. The van der Waals surface area contributed by atoms with Crippen LogP contribution in [-0.4, -0.2) is 34.1 Å². The Kier molecular flexibility index (Phi) is 4.11. The van der Waals surface area contributed by atoms with E-state index in [9.17, 15) is 5.11 Å². The fourth-order valence-corrected chi connectivity index (χ4v) is 2.96. The monoisotopic (exact) mass is 252 g/mol. The van der Waals surface area contributed by atoms with Crippen molar-refractivity contribution in [2.24, 2.45) is 7.05 Å². The molecule has 0 atom stereocenters. The fraction of sp³-hybridized carbons (Fsp3) is 0.769. The van der Waals surface area contributed by atoms with E-state index < -0.39 is 0 Å². The maximum absolute atomic E-state index is 9.31. The molecule has 2 rings (SSSR count). The molecule has 0 unspecified atom stereocenters. The number of aromatic nitrogens is 2. The molecule has 5 nitrogen and oxygen atoms in total. The molecule has 1 fully saturated rings. The van der Waals surface area contributed by atoms with E-state index in [0.29, 0.717) is 12.6 Å². The Bertz CT molecular complexity index is 396. The normalized spacial score (nSPS) is 17.1. The summed E-state index contributed by atoms with van der Waals surface area (Å²) in [6.07, 6.45) is 6.23. The van der Waals surface area contributed by atoms with Crippen LogP contribution in [0.5, 0.6) is 0 Å². The molecule has 0 aliphatic heterocycles. The Balaban J connectivity index is 2.28. The summed E-state index contributed by atoms with van der Waals surface area (Å²) >= 11 is 0. The summed E-state index contributed by atoms with van der Waals surface area (Å²) in [4.78, 5) is 2.24. The van der Waals surface area contributed by atoms with Crippen molar-refractivity contribution in [3.8, 4) is 0 Å². The molecular formula is C13H24N4O. The molecule has 5 heteroatoms. The number of aliphatic hydroxyl groups excluding tert-OH is 1. The molecule has 0 amide bonds. The van der Waals surface area contributed by atoms with Gasteiger partial charge in [0.15, 0.2) is 5.82 Å². The van der Waals surface area contributed by atoms with Crippen molar-refractivity contribution in [1.29, 1.82) is 0 Å². The number of nitrogens with two attached hydrogens (primary N) is 1. The second-order valence-corrected chi connectivity index (χ2v) is 5.16. The van der Waals surface area contributed by atoms with Gasteiger partial charge >= 0.3 is 0 Å². The van der Waals surface area contributed by atoms with Crippen LogP contribution in [0.3, 0.4) is 0 Å². The van der Waals surface area contributed by atoms with Crippen LogP contribution in [-0.2, 0) is 7.05 Å². The lowest BCUT2D eigenvalue weighted by Crippen LogP contribution is -2.40. The van der Waals surface area contributed by atoms with Crippen LogP contribution in [0.2, 0.25) is 0 Å². The zero-order valence-electron chi connectivity index (χ0n) is 11.4. The molecule has 1 aromatic heterocycles. The summed E-state index contributed by atoms with van der Waals surface area (Å²) < 4.78 is 1.84. The minimum absolute atomic E-state index is 0.153. The Morgan fingerprint density at radius 1 is 1.39 bits per heavy atom. The first-order valence-electron chi connectivity index (χ1n) is 6.81. The quantitative estimate of drug-likeness (QED) is 0.851. The highest BCUT2D eigenvalue weighted by molar-refractivity contribution is 5.66. The molecule has 102 valence electrons. The van der Waals surface area contributed by atoms with E-state index in [0.717, 1.165) is 17.2 Å². The summed E-state index contributed by atoms with van der Waals surface area (Å²) in [7, 11) is 1.92. The molecule has 3 N–H and O–H groups in total. The van der Waals surface area contributed by atoms with E-state index >= 15 is 0 Å². The fourth-order valence-electron chi connectivity index (χ4n) is 2.96. The lowest BCUT2D eigenvalue weighted by Gasteiger charge is -2.35. The van der Waals surface area contributed by atoms with Gasteiger partial charge in [-0.1, -0.05) is 19.3 Å². The third-order valence-electron chi connectivity index (χ3n) is 3.87. The zero-order chi connectivity index (χ0) is 13.1. The van der Waals surface area contributed by atoms with Crippen molar-refractivity contribution < 1.29 is 5.11 Å². The summed E-state index contributed by atoms with van der Waals surface area (Å²) in [5, 5.41) is 13.7. The topological polar surface area (TPSA) is 67.3 Å². The Hall–Kier alpha value is -1.23. The minimum Gasteiger partial charge on any atom is -0.395 e. The van der Waals surface area contributed by atoms with Gasteiger partial charge in [-0.2, -0.15) is 5.10 Å². The summed E-state index contributed by atoms with van der Waals surface area (Å²) in [5.74, 6) is 0.966. The van der Waals surface area contributed by atoms with Gasteiger partial charge in [0.1, 0.15) is 0 Å². The van der Waals surface area contributed by atoms with Crippen LogP contribution in [0.25, 0.3) is 0 Å². The second-order valence-electron chi connectivity index (χ2n) is 5.16. The number of aryl methyl sites for hydroxylation is 2. The zero-order valence-corrected chi connectivity index (χ0v) is 11.4. The largest absolute Gasteiger partial charge is 0.395 e. The first-order valence-corrected chi connectivity index (χ1v) is 6.81. The first kappa shape index (κ1) is 13.2. The molecule has 0 spiro atoms. The van der Waals surface area contributed by atoms with Gasteiger partial charge in [0, 0.05) is 19.6 Å². The predicted molar refractivity (Wildman–Crippen MR) is 73.7 cm³/mol. The second kappa shape index (κ2) is 5.61. The van der Waals surface area contributed by atoms with Crippen LogP contribution in [0.15, 0.2) is 0 Å². The summed E-state index contributed by atoms with van der Waals surface area (Å²) in [6, 6.07) is 0.489. The smallest absolute Gasteiger partial charge is 0.150 e. The lowest BCUT2D eigenvalue weighted by molar-refractivity contribution is 0.288. The highest BCUT2D eigenvalue weighted by atomic mass is 16.3. The molecule has 0 aromatic carbocycles. The van der Waals surface area contributed by atoms with E-state index in [1.54, 1.807) is 0 Å². The molecule has 18 heavy (non-hydrogen) atoms. The van der Waals surface area contributed by atoms with Gasteiger partial charge in [-0.15, -0.1) is 0 Å². The van der Waals surface area contributed by atoms with Gasteiger partial charge < -0.3 is 15.7 Å². The molecule has 1 saturated carbocycles. The average Bonchev–Trinajstić information content (AvgIpc) is 2.62. The highest BCUT2D eigenvalue weighted by Crippen LogP contribution is 2.31. The standard InChI is InChI=1S/C13H24N4O/c1-10-12(14)13(16(2)15-10)17(8-9-18)11-6-4-3-5-7-11/h11,18H,3-9,14H2,1-2H3. The summed E-state index contributed by atoms with van der Waals surface area (Å²) in [5.41, 5.74) is 7.75. The predicted octanol–water partition coefficient (Wildman–Crippen LogP) is 1.44. The van der Waals surface area contributed by atoms with Crippen molar-refractivity contribution >= 4 is 11.5 Å². The number of nitrogens with zero attached hydrogens (tertiary/aromatic N) is 3. The Labute approximate surface area is 109 Å². The molecule has 1 aliphatic rings. The Morgan fingerprint density at radius 2 is 2.06 bits per heavy atom. The summed E-state index contributed by atoms with van der Waals surface area (Å²) in [6.45, 7) is 2.71. The maximum Gasteiger partial charge on any atom is 0.150 e. The van der Waals surface area contributed by atoms with Crippen molar-refractivity contribution in [1.82, 2.24) is 9.78 Å². The highest BCUT2D eigenvalue weighted by Gasteiger charge is 2.25. The van der Waals surface area contributed by atoms with Crippen LogP contribution in [0, 0.1) is 6.92 Å². The van der Waals surface area contributed by atoms with Crippen LogP contribution < -0.4 is 10.6 Å². The van der Waals surface area contributed by atoms with Gasteiger partial charge in [0.05, 0.1) is 18.0 Å². The lowest BCUT2D eigenvalue weighted by atomic mass is 9.94. The molecule has 1 aliphatic carbocycles. The third kappa shape index (κ3) is 2.46. The van der Waals surface area contributed by atoms with Gasteiger partial charge in [-0.25, -0.2) is 0 Å². The number of nitrogen functional groups attached to an aromatic ring is 1. The maximum atomic E-state index is 9.31. The van der Waals surface area contributed by atoms with E-state index in [1.165, 1.54) is 32.1 Å². The molecule has 0 radical (unpaired) electrons. The van der Waals surface area contributed by atoms with Crippen LogP contribution in [0.1, 0.15) is 37.8 Å². The van der Waals surface area contributed by atoms with E-state index in [1.807, 2.05) is 18.7 Å². The van der Waals surface area contributed by atoms with Gasteiger partial charge in [0.2, 0.25) is 0 Å². The molecular weight excluding hydrogens is 228 g/mol. The van der Waals surface area contributed by atoms with Crippen LogP contribution >= 0.6 is 0 Å².